The van der Waals surface area contributed by atoms with Gasteiger partial charge in [0.15, 0.2) is 0 Å². The van der Waals surface area contributed by atoms with Crippen LogP contribution in [0.1, 0.15) is 32.1 Å². The van der Waals surface area contributed by atoms with Gasteiger partial charge >= 0.3 is 0 Å². The molecule has 0 aromatic heterocycles. The summed E-state index contributed by atoms with van der Waals surface area (Å²) in [5, 5.41) is 8.82. The molecule has 1 heterocycles. The third kappa shape index (κ3) is 3.88. The summed E-state index contributed by atoms with van der Waals surface area (Å²) in [4.78, 5) is 13.2. The van der Waals surface area contributed by atoms with E-state index in [0.29, 0.717) is 6.42 Å². The molecule has 3 nitrogen and oxygen atoms in total. The molecule has 1 amide bonds. The zero-order valence-electron chi connectivity index (χ0n) is 8.48. The van der Waals surface area contributed by atoms with Gasteiger partial charge in [0.2, 0.25) is 5.91 Å². The van der Waals surface area contributed by atoms with Crippen molar-refractivity contribution in [3.05, 3.63) is 0 Å². The first-order valence-electron chi connectivity index (χ1n) is 5.30. The molecule has 14 heavy (non-hydrogen) atoms. The third-order valence-electron chi connectivity index (χ3n) is 2.53. The van der Waals surface area contributed by atoms with Gasteiger partial charge in [-0.15, -0.1) is 0 Å². The van der Waals surface area contributed by atoms with E-state index in [1.807, 2.05) is 4.90 Å². The highest BCUT2D eigenvalue weighted by molar-refractivity contribution is 7.81. The van der Waals surface area contributed by atoms with Crippen LogP contribution in [0.2, 0.25) is 0 Å². The maximum atomic E-state index is 11.3. The minimum absolute atomic E-state index is 0.236. The fraction of sp³-hybridized carbons (Fsp3) is 0.900. The number of unbranched alkanes of at least 4 members (excludes halogenated alkanes) is 3. The molecule has 0 radical (unpaired) electrons. The zero-order chi connectivity index (χ0) is 10.4. The smallest absolute Gasteiger partial charge is 0.223 e. The van der Waals surface area contributed by atoms with E-state index in [1.54, 1.807) is 0 Å². The van der Waals surface area contributed by atoms with E-state index < -0.39 is 0 Å². The van der Waals surface area contributed by atoms with Gasteiger partial charge in [-0.1, -0.05) is 12.8 Å². The molecule has 1 aliphatic heterocycles. The number of hydrogen-bond acceptors (Lipinski definition) is 3. The first-order valence-corrected chi connectivity index (χ1v) is 5.82. The molecule has 0 aromatic rings. The van der Waals surface area contributed by atoms with Crippen molar-refractivity contribution in [1.29, 1.82) is 0 Å². The highest BCUT2D eigenvalue weighted by Crippen LogP contribution is 2.16. The Hall–Kier alpha value is -0.220. The highest BCUT2D eigenvalue weighted by atomic mass is 32.1. The van der Waals surface area contributed by atoms with E-state index in [4.69, 9.17) is 5.11 Å². The number of aliphatic hydroxyl groups is 1. The summed E-state index contributed by atoms with van der Waals surface area (Å²) in [6, 6.07) is 0. The molecule has 0 bridgehead atoms. The molecule has 1 unspecified atom stereocenters. The van der Waals surface area contributed by atoms with E-state index in [0.717, 1.165) is 38.8 Å². The lowest BCUT2D eigenvalue weighted by Crippen LogP contribution is -2.26. The third-order valence-corrected chi connectivity index (χ3v) is 2.88. The van der Waals surface area contributed by atoms with Gasteiger partial charge in [0.25, 0.3) is 0 Å². The van der Waals surface area contributed by atoms with Crippen LogP contribution in [0.3, 0.4) is 0 Å². The highest BCUT2D eigenvalue weighted by Gasteiger charge is 2.26. The second-order valence-electron chi connectivity index (χ2n) is 3.84. The van der Waals surface area contributed by atoms with Crippen LogP contribution in [-0.4, -0.2) is 40.9 Å². The number of amides is 1. The second-order valence-corrected chi connectivity index (χ2v) is 4.57. The summed E-state index contributed by atoms with van der Waals surface area (Å²) in [7, 11) is 0. The Morgan fingerprint density at radius 1 is 1.36 bits per heavy atom. The van der Waals surface area contributed by atoms with Crippen LogP contribution in [0, 0.1) is 0 Å². The number of hydrogen-bond donors (Lipinski definition) is 2. The Morgan fingerprint density at radius 3 is 2.64 bits per heavy atom. The van der Waals surface area contributed by atoms with Crippen molar-refractivity contribution in [2.45, 2.75) is 37.4 Å². The lowest BCUT2D eigenvalue weighted by atomic mass is 10.2. The van der Waals surface area contributed by atoms with Gasteiger partial charge in [0.05, 0.1) is 0 Å². The van der Waals surface area contributed by atoms with Crippen LogP contribution >= 0.6 is 12.6 Å². The zero-order valence-corrected chi connectivity index (χ0v) is 9.38. The number of nitrogens with zero attached hydrogens (tertiary/aromatic N) is 1. The molecule has 1 saturated heterocycles. The Morgan fingerprint density at radius 2 is 2.07 bits per heavy atom. The molecule has 0 spiro atoms. The van der Waals surface area contributed by atoms with Crippen LogP contribution < -0.4 is 0 Å². The van der Waals surface area contributed by atoms with Gasteiger partial charge < -0.3 is 10.0 Å². The van der Waals surface area contributed by atoms with Gasteiger partial charge in [-0.2, -0.15) is 12.6 Å². The Labute approximate surface area is 90.9 Å². The minimum Gasteiger partial charge on any atom is -0.396 e. The molecule has 1 aliphatic rings. The lowest BCUT2D eigenvalue weighted by molar-refractivity contribution is -0.127. The average molecular weight is 217 g/mol. The number of aliphatic hydroxyl groups excluding tert-OH is 1. The summed E-state index contributed by atoms with van der Waals surface area (Å²) < 4.78 is 0. The van der Waals surface area contributed by atoms with E-state index in [2.05, 4.69) is 12.6 Å². The van der Waals surface area contributed by atoms with E-state index >= 15 is 0 Å². The summed E-state index contributed by atoms with van der Waals surface area (Å²) in [6.45, 7) is 1.95. The molecule has 0 aliphatic carbocycles. The van der Waals surface area contributed by atoms with Crippen molar-refractivity contribution >= 4 is 18.5 Å². The predicted octanol–water partition coefficient (Wildman–Crippen LogP) is 1.07. The Balaban J connectivity index is 2.04. The van der Waals surface area contributed by atoms with Crippen molar-refractivity contribution in [2.24, 2.45) is 0 Å². The number of rotatable bonds is 6. The van der Waals surface area contributed by atoms with Gasteiger partial charge in [-0.05, 0) is 12.8 Å². The van der Waals surface area contributed by atoms with Crippen LogP contribution in [0.4, 0.5) is 0 Å². The largest absolute Gasteiger partial charge is 0.396 e. The van der Waals surface area contributed by atoms with Crippen LogP contribution in [-0.2, 0) is 4.79 Å². The number of thiol groups is 1. The molecule has 0 aromatic carbocycles. The maximum absolute atomic E-state index is 11.3. The standard InChI is InChI=1S/C10H19NO2S/c12-6-4-2-1-3-5-11-8-9(14)7-10(11)13/h9,12,14H,1-8H2. The summed E-state index contributed by atoms with van der Waals surface area (Å²) >= 11 is 4.29. The monoisotopic (exact) mass is 217 g/mol. The van der Waals surface area contributed by atoms with E-state index in [9.17, 15) is 4.79 Å². The first-order chi connectivity index (χ1) is 6.74. The van der Waals surface area contributed by atoms with Crippen molar-refractivity contribution in [3.8, 4) is 0 Å². The van der Waals surface area contributed by atoms with Crippen LogP contribution in [0.25, 0.3) is 0 Å². The molecule has 4 heteroatoms. The molecular formula is C10H19NO2S. The van der Waals surface area contributed by atoms with E-state index in [-0.39, 0.29) is 17.8 Å². The SMILES string of the molecule is O=C1CC(S)CN1CCCCCCO. The maximum Gasteiger partial charge on any atom is 0.223 e. The fourth-order valence-corrected chi connectivity index (χ4v) is 2.09. The topological polar surface area (TPSA) is 40.5 Å². The van der Waals surface area contributed by atoms with Crippen LogP contribution in [0.5, 0.6) is 0 Å². The molecule has 0 saturated carbocycles. The van der Waals surface area contributed by atoms with Crippen LogP contribution in [0.15, 0.2) is 0 Å². The minimum atomic E-state index is 0.236. The fourth-order valence-electron chi connectivity index (χ4n) is 1.74. The Kier molecular flexibility index (Phi) is 5.33. The molecule has 82 valence electrons. The number of carbonyl (C=O) groups is 1. The van der Waals surface area contributed by atoms with Gasteiger partial charge in [0, 0.05) is 31.4 Å². The summed E-state index contributed by atoms with van der Waals surface area (Å²) in [6.07, 6.45) is 4.68. The van der Waals surface area contributed by atoms with E-state index in [1.165, 1.54) is 0 Å². The van der Waals surface area contributed by atoms with Crippen molar-refractivity contribution < 1.29 is 9.90 Å². The van der Waals surface area contributed by atoms with Gasteiger partial charge in [-0.3, -0.25) is 4.79 Å². The lowest BCUT2D eigenvalue weighted by Gasteiger charge is -2.15. The molecule has 1 atom stereocenters. The quantitative estimate of drug-likeness (QED) is 0.516. The average Bonchev–Trinajstić information content (AvgIpc) is 2.45. The van der Waals surface area contributed by atoms with Crippen molar-refractivity contribution in [3.63, 3.8) is 0 Å². The molecule has 1 N–H and O–H groups in total. The summed E-state index contributed by atoms with van der Waals surface area (Å²) in [5.41, 5.74) is 0. The number of likely N-dealkylation sites (tertiary alicyclic amines) is 1. The van der Waals surface area contributed by atoms with Gasteiger partial charge in [-0.25, -0.2) is 0 Å². The normalized spacial score (nSPS) is 22.0. The molecule has 1 rings (SSSR count). The van der Waals surface area contributed by atoms with Crippen molar-refractivity contribution in [1.82, 2.24) is 4.90 Å². The second kappa shape index (κ2) is 6.30. The summed E-state index contributed by atoms with van der Waals surface area (Å²) in [5.74, 6) is 0.243. The Bertz CT molecular complexity index is 187. The van der Waals surface area contributed by atoms with Gasteiger partial charge in [0.1, 0.15) is 0 Å². The van der Waals surface area contributed by atoms with Crippen molar-refractivity contribution in [2.75, 3.05) is 19.7 Å². The number of carbonyl (C=O) groups excluding carboxylic acids is 1. The predicted molar refractivity (Wildman–Crippen MR) is 59.5 cm³/mol. The molecule has 1 fully saturated rings. The first kappa shape index (κ1) is 11.9. The molecular weight excluding hydrogens is 198 g/mol.